The maximum absolute atomic E-state index is 4.81. The van der Waals surface area contributed by atoms with E-state index in [0.29, 0.717) is 6.04 Å². The van der Waals surface area contributed by atoms with Crippen LogP contribution in [0.3, 0.4) is 0 Å². The lowest BCUT2D eigenvalue weighted by Crippen LogP contribution is -2.14. The summed E-state index contributed by atoms with van der Waals surface area (Å²) < 4.78 is 0. The summed E-state index contributed by atoms with van der Waals surface area (Å²) in [5.41, 5.74) is 2.82. The average Bonchev–Trinajstić information content (AvgIpc) is 1.86. The number of hydroxylamine groups is 1. The fraction of sp³-hybridized carbons (Fsp3) is 1.00. The molecule has 1 fully saturated rings. The van der Waals surface area contributed by atoms with E-state index in [1.807, 2.05) is 0 Å². The van der Waals surface area contributed by atoms with Crippen molar-refractivity contribution in [2.45, 2.75) is 19.4 Å². The molecule has 0 unspecified atom stereocenters. The molecule has 0 aliphatic carbocycles. The second kappa shape index (κ2) is 1.58. The van der Waals surface area contributed by atoms with Gasteiger partial charge in [0.05, 0.1) is 6.61 Å². The molecule has 0 bridgehead atoms. The van der Waals surface area contributed by atoms with Gasteiger partial charge in [0, 0.05) is 6.04 Å². The quantitative estimate of drug-likeness (QED) is 0.459. The van der Waals surface area contributed by atoms with Crippen molar-refractivity contribution in [3.8, 4) is 0 Å². The van der Waals surface area contributed by atoms with E-state index in [9.17, 15) is 0 Å². The second-order valence-corrected chi connectivity index (χ2v) is 1.66. The lowest BCUT2D eigenvalue weighted by atomic mass is 10.3. The minimum absolute atomic E-state index is 0.574. The van der Waals surface area contributed by atoms with Gasteiger partial charge in [0.2, 0.25) is 0 Å². The molecule has 0 aromatic heterocycles. The number of hydrogen-bond donors (Lipinski definition) is 1. The topological polar surface area (TPSA) is 21.3 Å². The van der Waals surface area contributed by atoms with Gasteiger partial charge in [0.1, 0.15) is 0 Å². The summed E-state index contributed by atoms with van der Waals surface area (Å²) in [6, 6.07) is 0.574. The lowest BCUT2D eigenvalue weighted by molar-refractivity contribution is 0.0908. The maximum atomic E-state index is 4.81. The van der Waals surface area contributed by atoms with Crippen LogP contribution < -0.4 is 5.48 Å². The third-order valence-electron chi connectivity index (χ3n) is 0.937. The van der Waals surface area contributed by atoms with Gasteiger partial charge in [-0.3, -0.25) is 0 Å². The molecule has 1 heterocycles. The van der Waals surface area contributed by atoms with Crippen molar-refractivity contribution in [3.05, 3.63) is 0 Å². The predicted molar refractivity (Wildman–Crippen MR) is 23.2 cm³/mol. The highest BCUT2D eigenvalue weighted by Gasteiger charge is 2.06. The molecule has 1 saturated heterocycles. The molecule has 0 radical (unpaired) electrons. The summed E-state index contributed by atoms with van der Waals surface area (Å²) in [6.45, 7) is 2.98. The van der Waals surface area contributed by atoms with E-state index >= 15 is 0 Å². The van der Waals surface area contributed by atoms with Gasteiger partial charge in [-0.2, -0.15) is 5.48 Å². The third-order valence-corrected chi connectivity index (χ3v) is 0.937. The van der Waals surface area contributed by atoms with Crippen LogP contribution in [0.1, 0.15) is 13.3 Å². The Morgan fingerprint density at radius 2 is 2.67 bits per heavy atom. The Balaban J connectivity index is 2.18. The fourth-order valence-corrected chi connectivity index (χ4v) is 0.496. The molecule has 0 spiro atoms. The van der Waals surface area contributed by atoms with E-state index in [1.165, 1.54) is 0 Å². The number of hydrogen-bond acceptors (Lipinski definition) is 2. The first-order valence-corrected chi connectivity index (χ1v) is 2.27. The summed E-state index contributed by atoms with van der Waals surface area (Å²) in [5, 5.41) is 0. The van der Waals surface area contributed by atoms with Crippen molar-refractivity contribution in [2.24, 2.45) is 0 Å². The van der Waals surface area contributed by atoms with Gasteiger partial charge in [-0.05, 0) is 13.3 Å². The van der Waals surface area contributed by atoms with Crippen LogP contribution in [0.4, 0.5) is 0 Å². The average molecular weight is 87.1 g/mol. The molecule has 1 rings (SSSR count). The van der Waals surface area contributed by atoms with Crippen LogP contribution in [0.25, 0.3) is 0 Å². The second-order valence-electron chi connectivity index (χ2n) is 1.66. The van der Waals surface area contributed by atoms with Gasteiger partial charge in [-0.25, -0.2) is 0 Å². The minimum atomic E-state index is 0.574. The summed E-state index contributed by atoms with van der Waals surface area (Å²) in [6.07, 6.45) is 1.15. The normalized spacial score (nSPS) is 34.5. The van der Waals surface area contributed by atoms with Crippen molar-refractivity contribution in [1.29, 1.82) is 0 Å². The van der Waals surface area contributed by atoms with E-state index in [4.69, 9.17) is 4.84 Å². The van der Waals surface area contributed by atoms with E-state index in [2.05, 4.69) is 12.4 Å². The lowest BCUT2D eigenvalue weighted by Gasteiger charge is -1.92. The Morgan fingerprint density at radius 1 is 1.83 bits per heavy atom. The van der Waals surface area contributed by atoms with Gasteiger partial charge in [-0.15, -0.1) is 0 Å². The van der Waals surface area contributed by atoms with Crippen LogP contribution in [-0.4, -0.2) is 12.6 Å². The summed E-state index contributed by atoms with van der Waals surface area (Å²) in [7, 11) is 0. The zero-order chi connectivity index (χ0) is 4.41. The highest BCUT2D eigenvalue weighted by Crippen LogP contribution is 1.96. The highest BCUT2D eigenvalue weighted by atomic mass is 16.7. The zero-order valence-corrected chi connectivity index (χ0v) is 3.90. The Labute approximate surface area is 37.4 Å². The van der Waals surface area contributed by atoms with Crippen molar-refractivity contribution < 1.29 is 4.84 Å². The third kappa shape index (κ3) is 0.698. The number of rotatable bonds is 0. The molecular weight excluding hydrogens is 78.0 g/mol. The monoisotopic (exact) mass is 87.1 g/mol. The highest BCUT2D eigenvalue weighted by molar-refractivity contribution is 4.57. The van der Waals surface area contributed by atoms with Gasteiger partial charge in [-0.1, -0.05) is 0 Å². The molecular formula is C4H9NO. The predicted octanol–water partition coefficient (Wildman–Crippen LogP) is 0.300. The zero-order valence-electron chi connectivity index (χ0n) is 3.90. The van der Waals surface area contributed by atoms with Crippen molar-refractivity contribution in [3.63, 3.8) is 0 Å². The SMILES string of the molecule is C[C@H]1CCON1. The molecule has 1 aliphatic rings. The fourth-order valence-electron chi connectivity index (χ4n) is 0.496. The van der Waals surface area contributed by atoms with Crippen molar-refractivity contribution in [2.75, 3.05) is 6.61 Å². The first kappa shape index (κ1) is 4.09. The molecule has 36 valence electrons. The van der Waals surface area contributed by atoms with Crippen LogP contribution in [0.2, 0.25) is 0 Å². The van der Waals surface area contributed by atoms with Gasteiger partial charge in [0.25, 0.3) is 0 Å². The van der Waals surface area contributed by atoms with Crippen LogP contribution in [0, 0.1) is 0 Å². The first-order valence-electron chi connectivity index (χ1n) is 2.27. The summed E-state index contributed by atoms with van der Waals surface area (Å²) in [4.78, 5) is 4.81. The molecule has 1 atom stereocenters. The van der Waals surface area contributed by atoms with Gasteiger partial charge in [0.15, 0.2) is 0 Å². The standard InChI is InChI=1S/C4H9NO/c1-4-2-3-6-5-4/h4-5H,2-3H2,1H3/t4-/m0/s1. The molecule has 0 aromatic rings. The molecule has 1 aliphatic heterocycles. The van der Waals surface area contributed by atoms with Crippen LogP contribution in [0.5, 0.6) is 0 Å². The van der Waals surface area contributed by atoms with Gasteiger partial charge >= 0.3 is 0 Å². The Kier molecular flexibility index (Phi) is 1.08. The molecule has 2 nitrogen and oxygen atoms in total. The molecule has 0 amide bonds. The van der Waals surface area contributed by atoms with E-state index < -0.39 is 0 Å². The largest absolute Gasteiger partial charge is 0.301 e. The number of nitrogens with one attached hydrogen (secondary N) is 1. The smallest absolute Gasteiger partial charge is 0.0697 e. The summed E-state index contributed by atoms with van der Waals surface area (Å²) >= 11 is 0. The molecule has 6 heavy (non-hydrogen) atoms. The van der Waals surface area contributed by atoms with E-state index in [-0.39, 0.29) is 0 Å². The Hall–Kier alpha value is -0.0800. The molecule has 0 aromatic carbocycles. The van der Waals surface area contributed by atoms with Crippen LogP contribution >= 0.6 is 0 Å². The van der Waals surface area contributed by atoms with Crippen molar-refractivity contribution in [1.82, 2.24) is 5.48 Å². The minimum Gasteiger partial charge on any atom is -0.301 e. The molecule has 1 N–H and O–H groups in total. The van der Waals surface area contributed by atoms with Crippen LogP contribution in [-0.2, 0) is 4.84 Å². The Bertz CT molecular complexity index is 40.8. The Morgan fingerprint density at radius 3 is 2.83 bits per heavy atom. The first-order chi connectivity index (χ1) is 2.89. The van der Waals surface area contributed by atoms with Crippen LogP contribution in [0.15, 0.2) is 0 Å². The molecule has 2 heteroatoms. The van der Waals surface area contributed by atoms with E-state index in [0.717, 1.165) is 13.0 Å². The summed E-state index contributed by atoms with van der Waals surface area (Å²) in [5.74, 6) is 0. The van der Waals surface area contributed by atoms with Crippen molar-refractivity contribution >= 4 is 0 Å². The molecule has 0 saturated carbocycles. The maximum Gasteiger partial charge on any atom is 0.0697 e. The van der Waals surface area contributed by atoms with Gasteiger partial charge < -0.3 is 4.84 Å². The van der Waals surface area contributed by atoms with E-state index in [1.54, 1.807) is 0 Å².